The molecule has 20 heavy (non-hydrogen) atoms. The summed E-state index contributed by atoms with van der Waals surface area (Å²) < 4.78 is 5.06. The molecule has 0 bridgehead atoms. The first-order valence-electron chi connectivity index (χ1n) is 5.89. The minimum Gasteiger partial charge on any atom is -0.497 e. The summed E-state index contributed by atoms with van der Waals surface area (Å²) in [5.41, 5.74) is 7.09. The van der Waals surface area contributed by atoms with Gasteiger partial charge in [-0.15, -0.1) is 0 Å². The van der Waals surface area contributed by atoms with Crippen LogP contribution in [0.5, 0.6) is 5.75 Å². The SMILES string of the molecule is COc1ccc(/C=N/N2CC(C#N)=C(N)C=C2O)cc1. The van der Waals surface area contributed by atoms with Crippen molar-refractivity contribution in [1.82, 2.24) is 5.01 Å². The van der Waals surface area contributed by atoms with Crippen molar-refractivity contribution in [2.45, 2.75) is 0 Å². The minimum atomic E-state index is -0.0914. The van der Waals surface area contributed by atoms with Gasteiger partial charge in [-0.1, -0.05) is 0 Å². The van der Waals surface area contributed by atoms with Crippen LogP contribution in [-0.2, 0) is 0 Å². The summed E-state index contributed by atoms with van der Waals surface area (Å²) in [4.78, 5) is 0. The molecule has 6 heteroatoms. The van der Waals surface area contributed by atoms with E-state index in [-0.39, 0.29) is 18.1 Å². The number of rotatable bonds is 3. The summed E-state index contributed by atoms with van der Waals surface area (Å²) in [5.74, 6) is 0.664. The number of aliphatic hydroxyl groups excluding tert-OH is 1. The van der Waals surface area contributed by atoms with Crippen LogP contribution in [0.1, 0.15) is 5.56 Å². The van der Waals surface area contributed by atoms with E-state index in [1.54, 1.807) is 13.3 Å². The number of methoxy groups -OCH3 is 1. The molecule has 1 heterocycles. The summed E-state index contributed by atoms with van der Waals surface area (Å²) in [6.07, 6.45) is 2.90. The molecule has 0 spiro atoms. The lowest BCUT2D eigenvalue weighted by molar-refractivity contribution is 0.217. The largest absolute Gasteiger partial charge is 0.497 e. The molecule has 0 aliphatic carbocycles. The number of allylic oxidation sites excluding steroid dienone is 1. The van der Waals surface area contributed by atoms with Crippen molar-refractivity contribution in [1.29, 1.82) is 5.26 Å². The van der Waals surface area contributed by atoms with E-state index in [0.717, 1.165) is 11.3 Å². The Morgan fingerprint density at radius 2 is 2.15 bits per heavy atom. The fourth-order valence-corrected chi connectivity index (χ4v) is 1.65. The van der Waals surface area contributed by atoms with Gasteiger partial charge in [0.2, 0.25) is 5.88 Å². The van der Waals surface area contributed by atoms with E-state index in [0.29, 0.717) is 5.57 Å². The Kier molecular flexibility index (Phi) is 3.91. The van der Waals surface area contributed by atoms with Gasteiger partial charge in [0.05, 0.1) is 37.2 Å². The molecule has 1 aliphatic heterocycles. The summed E-state index contributed by atoms with van der Waals surface area (Å²) >= 11 is 0. The third-order valence-corrected chi connectivity index (χ3v) is 2.80. The Labute approximate surface area is 116 Å². The summed E-state index contributed by atoms with van der Waals surface area (Å²) in [7, 11) is 1.60. The summed E-state index contributed by atoms with van der Waals surface area (Å²) in [6, 6.07) is 9.28. The first-order chi connectivity index (χ1) is 9.63. The van der Waals surface area contributed by atoms with Gasteiger partial charge in [-0.25, -0.2) is 5.01 Å². The molecule has 1 aromatic rings. The van der Waals surface area contributed by atoms with E-state index in [4.69, 9.17) is 15.7 Å². The van der Waals surface area contributed by atoms with Crippen molar-refractivity contribution in [3.05, 3.63) is 53.1 Å². The number of nitrogens with two attached hydrogens (primary N) is 1. The number of benzene rings is 1. The molecule has 0 aromatic heterocycles. The normalized spacial score (nSPS) is 15.2. The van der Waals surface area contributed by atoms with Crippen LogP contribution in [0.2, 0.25) is 0 Å². The molecule has 1 aliphatic rings. The Bertz CT molecular complexity index is 624. The van der Waals surface area contributed by atoms with Gasteiger partial charge >= 0.3 is 0 Å². The second-order valence-corrected chi connectivity index (χ2v) is 4.12. The number of ether oxygens (including phenoxy) is 1. The topological polar surface area (TPSA) is 94.9 Å². The maximum atomic E-state index is 9.74. The van der Waals surface area contributed by atoms with Crippen LogP contribution < -0.4 is 10.5 Å². The average molecular weight is 270 g/mol. The van der Waals surface area contributed by atoms with Crippen LogP contribution in [0.3, 0.4) is 0 Å². The zero-order chi connectivity index (χ0) is 14.5. The van der Waals surface area contributed by atoms with E-state index >= 15 is 0 Å². The predicted molar refractivity (Wildman–Crippen MR) is 74.8 cm³/mol. The van der Waals surface area contributed by atoms with Gasteiger partial charge < -0.3 is 15.6 Å². The third-order valence-electron chi connectivity index (χ3n) is 2.80. The lowest BCUT2D eigenvalue weighted by Gasteiger charge is -2.21. The van der Waals surface area contributed by atoms with Crippen LogP contribution >= 0.6 is 0 Å². The highest BCUT2D eigenvalue weighted by molar-refractivity contribution is 5.79. The average Bonchev–Trinajstić information content (AvgIpc) is 2.47. The van der Waals surface area contributed by atoms with Gasteiger partial charge in [-0.05, 0) is 29.8 Å². The standard InChI is InChI=1S/C14H14N4O2/c1-20-12-4-2-10(3-5-12)8-17-18-9-11(7-15)13(16)6-14(18)19/h2-6,8,19H,9,16H2,1H3/b17-8+. The lowest BCUT2D eigenvalue weighted by Crippen LogP contribution is -2.25. The number of nitriles is 1. The zero-order valence-electron chi connectivity index (χ0n) is 10.9. The quantitative estimate of drug-likeness (QED) is 0.811. The highest BCUT2D eigenvalue weighted by Crippen LogP contribution is 2.16. The number of nitrogens with zero attached hydrogens (tertiary/aromatic N) is 3. The number of aliphatic hydroxyl groups is 1. The lowest BCUT2D eigenvalue weighted by atomic mass is 10.2. The molecular weight excluding hydrogens is 256 g/mol. The molecule has 0 saturated carbocycles. The van der Waals surface area contributed by atoms with Gasteiger partial charge in [-0.2, -0.15) is 10.4 Å². The summed E-state index contributed by atoms with van der Waals surface area (Å²) in [5, 5.41) is 24.1. The Hall–Kier alpha value is -2.94. The van der Waals surface area contributed by atoms with Crippen LogP contribution in [0, 0.1) is 11.3 Å². The van der Waals surface area contributed by atoms with E-state index in [2.05, 4.69) is 5.10 Å². The van der Waals surface area contributed by atoms with Crippen LogP contribution in [-0.4, -0.2) is 30.0 Å². The van der Waals surface area contributed by atoms with E-state index in [1.165, 1.54) is 11.1 Å². The van der Waals surface area contributed by atoms with Crippen molar-refractivity contribution in [2.24, 2.45) is 10.8 Å². The molecule has 0 radical (unpaired) electrons. The monoisotopic (exact) mass is 270 g/mol. The van der Waals surface area contributed by atoms with Crippen molar-refractivity contribution in [3.63, 3.8) is 0 Å². The van der Waals surface area contributed by atoms with Gasteiger partial charge in [-0.3, -0.25) is 0 Å². The van der Waals surface area contributed by atoms with Crippen LogP contribution in [0.15, 0.2) is 52.6 Å². The second kappa shape index (κ2) is 5.80. The molecule has 102 valence electrons. The van der Waals surface area contributed by atoms with Crippen LogP contribution in [0.4, 0.5) is 0 Å². The van der Waals surface area contributed by atoms with E-state index in [9.17, 15) is 5.11 Å². The van der Waals surface area contributed by atoms with Crippen molar-refractivity contribution in [2.75, 3.05) is 13.7 Å². The van der Waals surface area contributed by atoms with E-state index < -0.39 is 0 Å². The molecule has 2 rings (SSSR count). The van der Waals surface area contributed by atoms with Crippen molar-refractivity contribution in [3.8, 4) is 11.8 Å². The highest BCUT2D eigenvalue weighted by atomic mass is 16.5. The second-order valence-electron chi connectivity index (χ2n) is 4.12. The fraction of sp³-hybridized carbons (Fsp3) is 0.143. The molecule has 3 N–H and O–H groups in total. The highest BCUT2D eigenvalue weighted by Gasteiger charge is 2.17. The molecule has 6 nitrogen and oxygen atoms in total. The molecule has 1 aromatic carbocycles. The molecule has 0 amide bonds. The van der Waals surface area contributed by atoms with Gasteiger partial charge in [0.25, 0.3) is 0 Å². The summed E-state index contributed by atoms with van der Waals surface area (Å²) in [6.45, 7) is 0.150. The Morgan fingerprint density at radius 3 is 2.75 bits per heavy atom. The van der Waals surface area contributed by atoms with Crippen molar-refractivity contribution >= 4 is 6.21 Å². The molecular formula is C14H14N4O2. The maximum Gasteiger partial charge on any atom is 0.210 e. The molecule has 0 atom stereocenters. The smallest absolute Gasteiger partial charge is 0.210 e. The van der Waals surface area contributed by atoms with Gasteiger partial charge in [0.1, 0.15) is 5.75 Å². The number of hydrogen-bond acceptors (Lipinski definition) is 6. The van der Waals surface area contributed by atoms with Gasteiger partial charge in [0, 0.05) is 6.08 Å². The first kappa shape index (κ1) is 13.5. The zero-order valence-corrected chi connectivity index (χ0v) is 10.9. The Morgan fingerprint density at radius 1 is 1.45 bits per heavy atom. The minimum absolute atomic E-state index is 0.0914. The van der Waals surface area contributed by atoms with Gasteiger partial charge in [0.15, 0.2) is 0 Å². The van der Waals surface area contributed by atoms with Crippen LogP contribution in [0.25, 0.3) is 0 Å². The van der Waals surface area contributed by atoms with E-state index in [1.807, 2.05) is 30.3 Å². The Balaban J connectivity index is 2.12. The molecule has 0 unspecified atom stereocenters. The predicted octanol–water partition coefficient (Wildman–Crippen LogP) is 1.48. The van der Waals surface area contributed by atoms with Crippen molar-refractivity contribution < 1.29 is 9.84 Å². The third kappa shape index (κ3) is 2.90. The maximum absolute atomic E-state index is 9.74. The molecule has 0 saturated heterocycles. The number of hydrogen-bond donors (Lipinski definition) is 2. The molecule has 0 fully saturated rings. The number of hydrazone groups is 1. The first-order valence-corrected chi connectivity index (χ1v) is 5.89. The fourth-order valence-electron chi connectivity index (χ4n) is 1.65.